The van der Waals surface area contributed by atoms with Crippen molar-refractivity contribution < 1.29 is 19.5 Å². The van der Waals surface area contributed by atoms with Crippen molar-refractivity contribution in [3.8, 4) is 0 Å². The number of hydrogen-bond acceptors (Lipinski definition) is 7. The van der Waals surface area contributed by atoms with Gasteiger partial charge in [0, 0.05) is 37.1 Å². The minimum absolute atomic E-state index is 0.194. The zero-order valence-electron chi connectivity index (χ0n) is 17.7. The van der Waals surface area contributed by atoms with Crippen LogP contribution in [-0.2, 0) is 21.1 Å². The number of nitrogens with zero attached hydrogens (tertiary/aromatic N) is 3. The molecule has 1 atom stereocenters. The Bertz CT molecular complexity index is 954. The molecule has 0 aliphatic rings. The number of carbonyl (C=O) groups is 3. The molecule has 1 aromatic heterocycles. The van der Waals surface area contributed by atoms with Gasteiger partial charge in [0.25, 0.3) is 5.91 Å². The van der Waals surface area contributed by atoms with E-state index in [2.05, 4.69) is 40.5 Å². The van der Waals surface area contributed by atoms with Gasteiger partial charge in [-0.15, -0.1) is 0 Å². The third-order valence-electron chi connectivity index (χ3n) is 5.07. The number of aliphatic carboxylic acids is 1. The molecule has 0 spiro atoms. The van der Waals surface area contributed by atoms with Gasteiger partial charge in [-0.2, -0.15) is 25.3 Å². The van der Waals surface area contributed by atoms with E-state index in [1.807, 2.05) is 0 Å². The highest BCUT2D eigenvalue weighted by Gasteiger charge is 2.20. The van der Waals surface area contributed by atoms with Gasteiger partial charge in [-0.1, -0.05) is 6.42 Å². The minimum Gasteiger partial charge on any atom is -0.480 e. The molecule has 2 aromatic rings. The summed E-state index contributed by atoms with van der Waals surface area (Å²) in [5, 5.41) is 11.8. The molecule has 0 aliphatic heterocycles. The lowest BCUT2D eigenvalue weighted by molar-refractivity contribution is -0.148. The first-order valence-electron chi connectivity index (χ1n) is 10.1. The first-order chi connectivity index (χ1) is 14.8. The summed E-state index contributed by atoms with van der Waals surface area (Å²) in [6, 6.07) is 4.36. The Hall–Kier alpha value is -2.33. The largest absolute Gasteiger partial charge is 0.480 e. The van der Waals surface area contributed by atoms with Crippen molar-refractivity contribution in [1.82, 2.24) is 20.2 Å². The number of carboxylic acids is 1. The Morgan fingerprint density at radius 2 is 1.71 bits per heavy atom. The van der Waals surface area contributed by atoms with Gasteiger partial charge < -0.3 is 15.3 Å². The Morgan fingerprint density at radius 1 is 1.06 bits per heavy atom. The zero-order chi connectivity index (χ0) is 23.0. The summed E-state index contributed by atoms with van der Waals surface area (Å²) in [6.45, 7) is 1.96. The summed E-state index contributed by atoms with van der Waals surface area (Å²) in [4.78, 5) is 45.6. The highest BCUT2D eigenvalue weighted by atomic mass is 32.1. The van der Waals surface area contributed by atoms with E-state index in [0.29, 0.717) is 41.1 Å². The fourth-order valence-corrected chi connectivity index (χ4v) is 3.47. The van der Waals surface area contributed by atoms with Gasteiger partial charge in [-0.3, -0.25) is 9.59 Å². The number of rotatable bonds is 11. The number of amides is 2. The number of likely N-dealkylation sites (N-methyl/N-ethyl adjacent to an activating group) is 1. The Morgan fingerprint density at radius 3 is 2.32 bits per heavy atom. The van der Waals surface area contributed by atoms with E-state index in [1.54, 1.807) is 18.2 Å². The topological polar surface area (TPSA) is 112 Å². The van der Waals surface area contributed by atoms with Gasteiger partial charge in [0.05, 0.1) is 22.4 Å². The quantitative estimate of drug-likeness (QED) is 0.300. The van der Waals surface area contributed by atoms with Crippen molar-refractivity contribution in [3.05, 3.63) is 35.2 Å². The van der Waals surface area contributed by atoms with Crippen LogP contribution in [0.1, 0.15) is 54.4 Å². The van der Waals surface area contributed by atoms with Crippen molar-refractivity contribution in [3.63, 3.8) is 0 Å². The molecular weight excluding hydrogens is 436 g/mol. The summed E-state index contributed by atoms with van der Waals surface area (Å²) in [6.07, 6.45) is 2.39. The number of hydrogen-bond donors (Lipinski definition) is 4. The Balaban J connectivity index is 1.80. The second kappa shape index (κ2) is 11.9. The second-order valence-electron chi connectivity index (χ2n) is 7.22. The van der Waals surface area contributed by atoms with Gasteiger partial charge in [-0.05, 0) is 38.0 Å². The van der Waals surface area contributed by atoms with E-state index in [1.165, 1.54) is 18.9 Å². The predicted octanol–water partition coefficient (Wildman–Crippen LogP) is 2.71. The maximum atomic E-state index is 12.4. The van der Waals surface area contributed by atoms with E-state index < -0.39 is 12.0 Å². The lowest BCUT2D eigenvalue weighted by atomic mass is 10.1. The van der Waals surface area contributed by atoms with Crippen LogP contribution < -0.4 is 5.32 Å². The molecule has 10 heteroatoms. The monoisotopic (exact) mass is 464 g/mol. The summed E-state index contributed by atoms with van der Waals surface area (Å²) in [5.74, 6) is -0.495. The van der Waals surface area contributed by atoms with Crippen LogP contribution in [0, 0.1) is 0 Å². The second-order valence-corrected chi connectivity index (χ2v) is 7.85. The zero-order valence-corrected chi connectivity index (χ0v) is 19.5. The van der Waals surface area contributed by atoms with Crippen LogP contribution in [0.3, 0.4) is 0 Å². The number of unbranched alkanes of at least 4 members (excludes halogenated alkanes) is 2. The molecular formula is C21H28N4O4S2. The molecule has 0 saturated carbocycles. The van der Waals surface area contributed by atoms with Crippen LogP contribution in [0.4, 0.5) is 0 Å². The summed E-state index contributed by atoms with van der Waals surface area (Å²) in [5.41, 5.74) is 3.38. The Kier molecular flexibility index (Phi) is 9.57. The number of benzene rings is 1. The third-order valence-corrected chi connectivity index (χ3v) is 5.66. The molecule has 0 saturated heterocycles. The maximum Gasteiger partial charge on any atom is 0.326 e. The van der Waals surface area contributed by atoms with Crippen LogP contribution in [0.25, 0.3) is 11.0 Å². The molecule has 1 heterocycles. The molecule has 2 rings (SSSR count). The molecule has 31 heavy (non-hydrogen) atoms. The number of nitrogens with one attached hydrogen (secondary N) is 1. The number of carboxylic acid groups (broad SMARTS) is 1. The van der Waals surface area contributed by atoms with Crippen molar-refractivity contribution in [1.29, 1.82) is 0 Å². The average molecular weight is 465 g/mol. The Labute approximate surface area is 192 Å². The highest BCUT2D eigenvalue weighted by molar-refractivity contribution is 7.79. The van der Waals surface area contributed by atoms with E-state index >= 15 is 0 Å². The van der Waals surface area contributed by atoms with Crippen LogP contribution in [0.5, 0.6) is 0 Å². The van der Waals surface area contributed by atoms with Crippen molar-refractivity contribution in [2.24, 2.45) is 0 Å². The van der Waals surface area contributed by atoms with Crippen molar-refractivity contribution >= 4 is 54.1 Å². The molecule has 8 nitrogen and oxygen atoms in total. The summed E-state index contributed by atoms with van der Waals surface area (Å²) >= 11 is 8.54. The molecule has 2 N–H and O–H groups in total. The van der Waals surface area contributed by atoms with Gasteiger partial charge in [0.2, 0.25) is 5.91 Å². The van der Waals surface area contributed by atoms with E-state index in [4.69, 9.17) is 5.11 Å². The molecule has 1 unspecified atom stereocenters. The molecule has 1 aromatic carbocycles. The van der Waals surface area contributed by atoms with E-state index in [0.717, 1.165) is 24.2 Å². The fraction of sp³-hybridized carbons (Fsp3) is 0.476. The third kappa shape index (κ3) is 6.83. The molecule has 2 amide bonds. The molecule has 0 aliphatic carbocycles. The fourth-order valence-electron chi connectivity index (χ4n) is 2.96. The maximum absolute atomic E-state index is 12.4. The van der Waals surface area contributed by atoms with Gasteiger partial charge >= 0.3 is 5.97 Å². The van der Waals surface area contributed by atoms with Crippen molar-refractivity contribution in [2.45, 2.75) is 50.2 Å². The van der Waals surface area contributed by atoms with E-state index in [9.17, 15) is 14.4 Å². The number of aromatic nitrogens is 2. The SMILES string of the molecule is CC(C(=O)O)N(C)C(=O)CCCCCNC(=O)c1ccc2nc(CS)c(CS)nc2c1. The first kappa shape index (κ1) is 24.9. The summed E-state index contributed by atoms with van der Waals surface area (Å²) < 4.78 is 0. The predicted molar refractivity (Wildman–Crippen MR) is 126 cm³/mol. The van der Waals surface area contributed by atoms with Crippen LogP contribution in [0.2, 0.25) is 0 Å². The van der Waals surface area contributed by atoms with Crippen LogP contribution in [-0.4, -0.2) is 57.4 Å². The van der Waals surface area contributed by atoms with Gasteiger partial charge in [0.15, 0.2) is 0 Å². The minimum atomic E-state index is -1.03. The standard InChI is InChI=1S/C21H28N4O4S2/c1-13(21(28)29)25(2)19(26)6-4-3-5-9-22-20(27)14-7-8-15-16(10-14)24-18(12-31)17(11-30)23-15/h7-8,10,13,30-31H,3-6,9,11-12H2,1-2H3,(H,22,27)(H,28,29). The number of fused-ring (bicyclic) bond motifs is 1. The van der Waals surface area contributed by atoms with Gasteiger partial charge in [-0.25, -0.2) is 14.8 Å². The molecule has 0 bridgehead atoms. The average Bonchev–Trinajstić information content (AvgIpc) is 2.78. The number of thiol groups is 2. The lowest BCUT2D eigenvalue weighted by Gasteiger charge is -2.21. The normalized spacial score (nSPS) is 11.9. The van der Waals surface area contributed by atoms with Gasteiger partial charge in [0.1, 0.15) is 6.04 Å². The molecule has 168 valence electrons. The van der Waals surface area contributed by atoms with Crippen molar-refractivity contribution in [2.75, 3.05) is 13.6 Å². The smallest absolute Gasteiger partial charge is 0.326 e. The summed E-state index contributed by atoms with van der Waals surface area (Å²) in [7, 11) is 1.49. The molecule has 0 fully saturated rings. The number of carbonyl (C=O) groups excluding carboxylic acids is 2. The lowest BCUT2D eigenvalue weighted by Crippen LogP contribution is -2.40. The van der Waals surface area contributed by atoms with Crippen LogP contribution >= 0.6 is 25.3 Å². The van der Waals surface area contributed by atoms with E-state index in [-0.39, 0.29) is 18.2 Å². The first-order valence-corrected chi connectivity index (χ1v) is 11.3. The molecule has 0 radical (unpaired) electrons. The highest BCUT2D eigenvalue weighted by Crippen LogP contribution is 2.17. The van der Waals surface area contributed by atoms with Crippen LogP contribution in [0.15, 0.2) is 18.2 Å².